The molecule has 0 radical (unpaired) electrons. The number of hydrogen-bond donors (Lipinski definition) is 1. The number of carbonyl (C=O) groups is 1. The van der Waals surface area contributed by atoms with Gasteiger partial charge in [-0.15, -0.1) is 0 Å². The van der Waals surface area contributed by atoms with Crippen LogP contribution in [0.1, 0.15) is 23.4 Å². The molecule has 2 aromatic rings. The quantitative estimate of drug-likeness (QED) is 0.565. The zero-order chi connectivity index (χ0) is 20.5. The van der Waals surface area contributed by atoms with Crippen molar-refractivity contribution in [1.82, 2.24) is 4.98 Å². The second-order valence-corrected chi connectivity index (χ2v) is 8.69. The van der Waals surface area contributed by atoms with E-state index in [1.54, 1.807) is 18.2 Å². The third kappa shape index (κ3) is 4.82. The van der Waals surface area contributed by atoms with Crippen LogP contribution >= 0.6 is 34.8 Å². The molecule has 0 fully saturated rings. The maximum Gasteiger partial charge on any atom is 0.434 e. The molecule has 10 heteroatoms. The van der Waals surface area contributed by atoms with E-state index >= 15 is 0 Å². The number of hydrogen-bond acceptors (Lipinski definition) is 3. The molecule has 0 aliphatic heterocycles. The van der Waals surface area contributed by atoms with Gasteiger partial charge < -0.3 is 4.74 Å². The zero-order valence-corrected chi connectivity index (χ0v) is 16.5. The topological polar surface area (TPSA) is 51.2 Å². The Bertz CT molecular complexity index is 884. The lowest BCUT2D eigenvalue weighted by Gasteiger charge is -2.21. The fraction of sp³-hybridized carbons (Fsp3) is 0.333. The minimum atomic E-state index is -4.71. The van der Waals surface area contributed by atoms with Crippen molar-refractivity contribution in [2.45, 2.75) is 29.2 Å². The number of rotatable bonds is 3. The second-order valence-electron chi connectivity index (χ2n) is 6.17. The molecule has 0 unspecified atom stereocenters. The molecule has 1 aliphatic rings. The summed E-state index contributed by atoms with van der Waals surface area (Å²) < 4.78 is 44.3. The highest BCUT2D eigenvalue weighted by Gasteiger charge is 2.39. The Kier molecular flexibility index (Phi) is 5.98. The summed E-state index contributed by atoms with van der Waals surface area (Å²) in [6.07, 6.45) is -4.21. The molecule has 3 rings (SSSR count). The van der Waals surface area contributed by atoms with Gasteiger partial charge in [0.1, 0.15) is 6.61 Å². The molecular formula is C18H14Cl3F3N2O2. The number of fused-ring (bicyclic) bond motifs is 1. The number of ether oxygens (including phenoxy) is 1. The number of benzene rings is 1. The van der Waals surface area contributed by atoms with Gasteiger partial charge in [-0.05, 0) is 30.4 Å². The molecule has 0 atom stereocenters. The number of pyridine rings is 1. The van der Waals surface area contributed by atoms with Gasteiger partial charge in [0.15, 0.2) is 5.69 Å². The van der Waals surface area contributed by atoms with E-state index < -0.39 is 28.4 Å². The van der Waals surface area contributed by atoms with Crippen molar-refractivity contribution in [3.05, 3.63) is 47.3 Å². The monoisotopic (exact) mass is 452 g/mol. The van der Waals surface area contributed by atoms with Crippen LogP contribution in [0.25, 0.3) is 11.1 Å². The lowest BCUT2D eigenvalue weighted by atomic mass is 9.97. The average molecular weight is 454 g/mol. The smallest absolute Gasteiger partial charge is 0.434 e. The molecule has 0 bridgehead atoms. The van der Waals surface area contributed by atoms with Crippen LogP contribution in [0.4, 0.5) is 23.7 Å². The summed E-state index contributed by atoms with van der Waals surface area (Å²) in [4.78, 5) is 16.1. The van der Waals surface area contributed by atoms with E-state index in [9.17, 15) is 18.0 Å². The Labute approximate surface area is 173 Å². The van der Waals surface area contributed by atoms with Crippen molar-refractivity contribution in [3.8, 4) is 11.1 Å². The minimum Gasteiger partial charge on any atom is -0.445 e. The van der Waals surface area contributed by atoms with E-state index in [1.165, 1.54) is 12.1 Å². The average Bonchev–Trinajstić information content (AvgIpc) is 3.08. The number of aryl methyl sites for hydroxylation is 1. The molecule has 150 valence electrons. The molecule has 1 amide bonds. The Morgan fingerprint density at radius 3 is 2.43 bits per heavy atom. The van der Waals surface area contributed by atoms with Gasteiger partial charge in [-0.25, -0.2) is 9.78 Å². The number of aromatic nitrogens is 1. The van der Waals surface area contributed by atoms with Crippen molar-refractivity contribution in [1.29, 1.82) is 0 Å². The van der Waals surface area contributed by atoms with Gasteiger partial charge in [-0.3, -0.25) is 5.32 Å². The highest BCUT2D eigenvalue weighted by atomic mass is 35.6. The lowest BCUT2D eigenvalue weighted by Crippen LogP contribution is -2.23. The number of alkyl halides is 6. The van der Waals surface area contributed by atoms with Gasteiger partial charge in [-0.2, -0.15) is 13.2 Å². The van der Waals surface area contributed by atoms with Crippen molar-refractivity contribution >= 4 is 46.6 Å². The Hall–Kier alpha value is -1.70. The highest BCUT2D eigenvalue weighted by molar-refractivity contribution is 6.67. The molecule has 28 heavy (non-hydrogen) atoms. The summed E-state index contributed by atoms with van der Waals surface area (Å²) in [5.74, 6) is 0. The molecule has 0 saturated heterocycles. The van der Waals surface area contributed by atoms with Crippen LogP contribution in [0.2, 0.25) is 0 Å². The van der Waals surface area contributed by atoms with Crippen LogP contribution in [0.3, 0.4) is 0 Å². The van der Waals surface area contributed by atoms with E-state index in [0.717, 1.165) is 0 Å². The van der Waals surface area contributed by atoms with Crippen molar-refractivity contribution in [2.24, 2.45) is 0 Å². The maximum atomic E-state index is 13.8. The summed E-state index contributed by atoms with van der Waals surface area (Å²) in [5.41, 5.74) is -0.110. The summed E-state index contributed by atoms with van der Waals surface area (Å²) in [6, 6.07) is 7.93. The standard InChI is InChI=1S/C18H14Cl3F3N2O2/c19-17(20,21)9-28-16(27)26-14-11-7-4-8-12(11)25-15(18(22,23)24)13(14)10-5-2-1-3-6-10/h1-3,5-6H,4,7-9H2,(H,25,26,27). The molecule has 1 aromatic carbocycles. The van der Waals surface area contributed by atoms with Gasteiger partial charge in [0.25, 0.3) is 0 Å². The van der Waals surface area contributed by atoms with E-state index in [2.05, 4.69) is 10.3 Å². The van der Waals surface area contributed by atoms with Gasteiger partial charge in [-0.1, -0.05) is 65.1 Å². The van der Waals surface area contributed by atoms with Gasteiger partial charge >= 0.3 is 12.3 Å². The van der Waals surface area contributed by atoms with Gasteiger partial charge in [0.2, 0.25) is 3.79 Å². The molecule has 0 saturated carbocycles. The Balaban J connectivity index is 2.11. The summed E-state index contributed by atoms with van der Waals surface area (Å²) >= 11 is 16.7. The van der Waals surface area contributed by atoms with Gasteiger partial charge in [0, 0.05) is 11.3 Å². The molecule has 1 aliphatic carbocycles. The van der Waals surface area contributed by atoms with Crippen LogP contribution in [0.5, 0.6) is 0 Å². The van der Waals surface area contributed by atoms with E-state index in [0.29, 0.717) is 30.5 Å². The fourth-order valence-corrected chi connectivity index (χ4v) is 3.26. The minimum absolute atomic E-state index is 0.0235. The number of carbonyl (C=O) groups excluding carboxylic acids is 1. The predicted molar refractivity (Wildman–Crippen MR) is 102 cm³/mol. The lowest BCUT2D eigenvalue weighted by molar-refractivity contribution is -0.140. The SMILES string of the molecule is O=C(Nc1c2c(nc(C(F)(F)F)c1-c1ccccc1)CCC2)OCC(Cl)(Cl)Cl. The highest BCUT2D eigenvalue weighted by Crippen LogP contribution is 2.44. The molecular weight excluding hydrogens is 440 g/mol. The predicted octanol–water partition coefficient (Wildman–Crippen LogP) is 6.17. The first-order valence-corrected chi connectivity index (χ1v) is 9.38. The number of amides is 1. The maximum absolute atomic E-state index is 13.8. The largest absolute Gasteiger partial charge is 0.445 e. The molecule has 1 N–H and O–H groups in total. The normalized spacial score (nSPS) is 13.9. The van der Waals surface area contributed by atoms with Crippen LogP contribution in [0.15, 0.2) is 30.3 Å². The number of anilines is 1. The number of nitrogens with one attached hydrogen (secondary N) is 1. The first-order valence-electron chi connectivity index (χ1n) is 8.25. The fourth-order valence-electron chi connectivity index (χ4n) is 3.10. The first kappa shape index (κ1) is 21.0. The van der Waals surface area contributed by atoms with E-state index in [1.807, 2.05) is 0 Å². The van der Waals surface area contributed by atoms with Crippen LogP contribution in [-0.2, 0) is 23.8 Å². The van der Waals surface area contributed by atoms with Crippen molar-refractivity contribution in [2.75, 3.05) is 11.9 Å². The van der Waals surface area contributed by atoms with E-state index in [4.69, 9.17) is 39.5 Å². The summed E-state index contributed by atoms with van der Waals surface area (Å²) in [5, 5.41) is 2.42. The second kappa shape index (κ2) is 7.97. The van der Waals surface area contributed by atoms with Gasteiger partial charge in [0.05, 0.1) is 5.69 Å². The van der Waals surface area contributed by atoms with Crippen molar-refractivity contribution in [3.63, 3.8) is 0 Å². The first-order chi connectivity index (χ1) is 13.1. The van der Waals surface area contributed by atoms with Crippen molar-refractivity contribution < 1.29 is 22.7 Å². The van der Waals surface area contributed by atoms with E-state index in [-0.39, 0.29) is 16.8 Å². The number of nitrogens with zero attached hydrogens (tertiary/aromatic N) is 1. The third-order valence-electron chi connectivity index (χ3n) is 4.15. The molecule has 1 heterocycles. The Morgan fingerprint density at radius 2 is 1.82 bits per heavy atom. The molecule has 0 spiro atoms. The summed E-state index contributed by atoms with van der Waals surface area (Å²) in [7, 11) is 0. The van der Waals surface area contributed by atoms with Crippen LogP contribution in [-0.4, -0.2) is 21.5 Å². The molecule has 4 nitrogen and oxygen atoms in total. The third-order valence-corrected chi connectivity index (χ3v) is 4.48. The van der Waals surface area contributed by atoms with Crippen LogP contribution in [0, 0.1) is 0 Å². The summed E-state index contributed by atoms with van der Waals surface area (Å²) in [6.45, 7) is -0.552. The number of halogens is 6. The zero-order valence-electron chi connectivity index (χ0n) is 14.2. The van der Waals surface area contributed by atoms with Crippen LogP contribution < -0.4 is 5.32 Å². The Morgan fingerprint density at radius 1 is 1.14 bits per heavy atom. The molecule has 1 aromatic heterocycles.